The highest BCUT2D eigenvalue weighted by Gasteiger charge is 2.29. The zero-order valence-corrected chi connectivity index (χ0v) is 8.37. The number of hydrogen-bond acceptors (Lipinski definition) is 3. The fourth-order valence-corrected chi connectivity index (χ4v) is 1.55. The molecule has 3 nitrogen and oxygen atoms in total. The Labute approximate surface area is 88.9 Å². The molecule has 1 heterocycles. The van der Waals surface area contributed by atoms with E-state index in [1.165, 1.54) is 0 Å². The van der Waals surface area contributed by atoms with Gasteiger partial charge in [-0.05, 0) is 0 Å². The van der Waals surface area contributed by atoms with E-state index in [2.05, 4.69) is 6.58 Å². The molecule has 1 N–H and O–H groups in total. The highest BCUT2D eigenvalue weighted by atomic mass is 16.7. The van der Waals surface area contributed by atoms with Crippen LogP contribution in [0.3, 0.4) is 0 Å². The first kappa shape index (κ1) is 10.4. The lowest BCUT2D eigenvalue weighted by Crippen LogP contribution is -2.38. The van der Waals surface area contributed by atoms with Gasteiger partial charge in [0.1, 0.15) is 12.2 Å². The maximum atomic E-state index is 9.51. The molecule has 0 radical (unpaired) electrons. The van der Waals surface area contributed by atoms with Crippen LogP contribution in [0.25, 0.3) is 0 Å². The minimum absolute atomic E-state index is 0.274. The number of ether oxygens (including phenoxy) is 2. The Hall–Kier alpha value is -1.16. The van der Waals surface area contributed by atoms with Crippen molar-refractivity contribution in [2.75, 3.05) is 6.61 Å². The zero-order chi connectivity index (χ0) is 10.7. The molecule has 0 aromatic heterocycles. The number of benzene rings is 1. The smallest absolute Gasteiger partial charge is 0.184 e. The lowest BCUT2D eigenvalue weighted by atomic mass is 10.1. The standard InChI is InChI=1S/C12H14O3/c1-2-11-10(13)8-14-12(15-11)9-6-4-3-5-7-9/h2-7,10-13H,1,8H2. The van der Waals surface area contributed by atoms with Gasteiger partial charge in [0.25, 0.3) is 0 Å². The predicted molar refractivity (Wildman–Crippen MR) is 56.2 cm³/mol. The molecule has 1 aliphatic heterocycles. The summed E-state index contributed by atoms with van der Waals surface area (Å²) >= 11 is 0. The maximum Gasteiger partial charge on any atom is 0.184 e. The Balaban J connectivity index is 2.09. The van der Waals surface area contributed by atoms with Gasteiger partial charge < -0.3 is 14.6 Å². The van der Waals surface area contributed by atoms with Gasteiger partial charge in [0.2, 0.25) is 0 Å². The number of aliphatic hydroxyl groups is 1. The van der Waals surface area contributed by atoms with E-state index < -0.39 is 12.4 Å². The van der Waals surface area contributed by atoms with Crippen molar-refractivity contribution < 1.29 is 14.6 Å². The Morgan fingerprint density at radius 1 is 1.33 bits per heavy atom. The first-order chi connectivity index (χ1) is 7.31. The average Bonchev–Trinajstić information content (AvgIpc) is 2.31. The van der Waals surface area contributed by atoms with E-state index in [1.807, 2.05) is 30.3 Å². The van der Waals surface area contributed by atoms with Crippen molar-refractivity contribution in [1.82, 2.24) is 0 Å². The molecule has 0 saturated carbocycles. The lowest BCUT2D eigenvalue weighted by molar-refractivity contribution is -0.243. The van der Waals surface area contributed by atoms with Gasteiger partial charge in [-0.1, -0.05) is 36.4 Å². The van der Waals surface area contributed by atoms with E-state index in [4.69, 9.17) is 9.47 Å². The SMILES string of the molecule is C=CC1OC(c2ccccc2)OCC1O. The summed E-state index contributed by atoms with van der Waals surface area (Å²) in [6.07, 6.45) is 0.215. The fourth-order valence-electron chi connectivity index (χ4n) is 1.55. The molecule has 80 valence electrons. The molecule has 0 aliphatic carbocycles. The summed E-state index contributed by atoms with van der Waals surface area (Å²) in [4.78, 5) is 0. The molecular formula is C12H14O3. The van der Waals surface area contributed by atoms with Gasteiger partial charge in [-0.2, -0.15) is 0 Å². The largest absolute Gasteiger partial charge is 0.388 e. The van der Waals surface area contributed by atoms with Crippen molar-refractivity contribution in [1.29, 1.82) is 0 Å². The molecule has 15 heavy (non-hydrogen) atoms. The molecule has 0 bridgehead atoms. The summed E-state index contributed by atoms with van der Waals surface area (Å²) < 4.78 is 10.9. The molecule has 1 aromatic carbocycles. The maximum absolute atomic E-state index is 9.51. The summed E-state index contributed by atoms with van der Waals surface area (Å²) in [6, 6.07) is 9.66. The van der Waals surface area contributed by atoms with Gasteiger partial charge in [-0.15, -0.1) is 6.58 Å². The summed E-state index contributed by atoms with van der Waals surface area (Å²) in [5, 5.41) is 9.51. The van der Waals surface area contributed by atoms with Crippen molar-refractivity contribution in [3.63, 3.8) is 0 Å². The summed E-state index contributed by atoms with van der Waals surface area (Å²) in [7, 11) is 0. The van der Waals surface area contributed by atoms with Crippen LogP contribution in [0, 0.1) is 0 Å². The third kappa shape index (κ3) is 2.26. The molecule has 3 unspecified atom stereocenters. The van der Waals surface area contributed by atoms with Gasteiger partial charge in [0, 0.05) is 5.56 Å². The Morgan fingerprint density at radius 2 is 2.07 bits per heavy atom. The summed E-state index contributed by atoms with van der Waals surface area (Å²) in [5.41, 5.74) is 0.955. The molecule has 0 amide bonds. The minimum Gasteiger partial charge on any atom is -0.388 e. The second-order valence-corrected chi connectivity index (χ2v) is 3.48. The van der Waals surface area contributed by atoms with Crippen molar-refractivity contribution >= 4 is 0 Å². The monoisotopic (exact) mass is 206 g/mol. The molecule has 1 aromatic rings. The molecule has 3 heteroatoms. The zero-order valence-electron chi connectivity index (χ0n) is 8.37. The third-order valence-corrected chi connectivity index (χ3v) is 2.38. The second kappa shape index (κ2) is 4.57. The van der Waals surface area contributed by atoms with Gasteiger partial charge in [-0.3, -0.25) is 0 Å². The lowest BCUT2D eigenvalue weighted by Gasteiger charge is -2.32. The van der Waals surface area contributed by atoms with E-state index in [0.717, 1.165) is 5.56 Å². The third-order valence-electron chi connectivity index (χ3n) is 2.38. The quantitative estimate of drug-likeness (QED) is 0.748. The van der Waals surface area contributed by atoms with Gasteiger partial charge in [0.15, 0.2) is 6.29 Å². The molecule has 1 aliphatic rings. The average molecular weight is 206 g/mol. The van der Waals surface area contributed by atoms with Crippen LogP contribution in [0.5, 0.6) is 0 Å². The molecule has 1 saturated heterocycles. The Kier molecular flexibility index (Phi) is 3.16. The van der Waals surface area contributed by atoms with Crippen molar-refractivity contribution in [2.45, 2.75) is 18.5 Å². The fraction of sp³-hybridized carbons (Fsp3) is 0.333. The van der Waals surface area contributed by atoms with Gasteiger partial charge >= 0.3 is 0 Å². The molecule has 0 spiro atoms. The number of aliphatic hydroxyl groups excluding tert-OH is 1. The van der Waals surface area contributed by atoms with Crippen molar-refractivity contribution in [3.05, 3.63) is 48.6 Å². The van der Waals surface area contributed by atoms with E-state index in [0.29, 0.717) is 0 Å². The van der Waals surface area contributed by atoms with E-state index >= 15 is 0 Å². The van der Waals surface area contributed by atoms with Crippen LogP contribution in [0.15, 0.2) is 43.0 Å². The molecular weight excluding hydrogens is 192 g/mol. The summed E-state index contributed by atoms with van der Waals surface area (Å²) in [6.45, 7) is 3.90. The highest BCUT2D eigenvalue weighted by Crippen LogP contribution is 2.26. The van der Waals surface area contributed by atoms with Crippen molar-refractivity contribution in [2.24, 2.45) is 0 Å². The predicted octanol–water partition coefficient (Wildman–Crippen LogP) is 1.65. The van der Waals surface area contributed by atoms with Crippen LogP contribution in [0.1, 0.15) is 11.9 Å². The first-order valence-corrected chi connectivity index (χ1v) is 4.94. The number of rotatable bonds is 2. The Bertz CT molecular complexity index is 323. The van der Waals surface area contributed by atoms with Crippen LogP contribution < -0.4 is 0 Å². The van der Waals surface area contributed by atoms with Gasteiger partial charge in [0.05, 0.1) is 6.61 Å². The van der Waals surface area contributed by atoms with Gasteiger partial charge in [-0.25, -0.2) is 0 Å². The molecule has 3 atom stereocenters. The van der Waals surface area contributed by atoms with E-state index in [1.54, 1.807) is 6.08 Å². The highest BCUT2D eigenvalue weighted by molar-refractivity contribution is 5.16. The van der Waals surface area contributed by atoms with Crippen molar-refractivity contribution in [3.8, 4) is 0 Å². The van der Waals surface area contributed by atoms with E-state index in [-0.39, 0.29) is 12.7 Å². The van der Waals surface area contributed by atoms with Crippen LogP contribution in [-0.2, 0) is 9.47 Å². The first-order valence-electron chi connectivity index (χ1n) is 4.94. The molecule has 1 fully saturated rings. The van der Waals surface area contributed by atoms with Crippen LogP contribution in [-0.4, -0.2) is 23.9 Å². The topological polar surface area (TPSA) is 38.7 Å². The molecule has 2 rings (SSSR count). The van der Waals surface area contributed by atoms with Crippen LogP contribution in [0.4, 0.5) is 0 Å². The van der Waals surface area contributed by atoms with Crippen LogP contribution in [0.2, 0.25) is 0 Å². The number of hydrogen-bond donors (Lipinski definition) is 1. The second-order valence-electron chi connectivity index (χ2n) is 3.48. The minimum atomic E-state index is -0.623. The Morgan fingerprint density at radius 3 is 2.73 bits per heavy atom. The normalized spacial score (nSPS) is 31.1. The van der Waals surface area contributed by atoms with E-state index in [9.17, 15) is 5.11 Å². The van der Waals surface area contributed by atoms with Crippen LogP contribution >= 0.6 is 0 Å². The summed E-state index contributed by atoms with van der Waals surface area (Å²) in [5.74, 6) is 0.